The SMILES string of the molecule is CSc1ccc(C=CC(=O)OCC(=O)Nc2ncc(C(F)(F)F)cc2Cl)cc1. The fraction of sp³-hybridized carbons (Fsp3) is 0.167. The van der Waals surface area contributed by atoms with E-state index in [1.54, 1.807) is 11.8 Å². The minimum atomic E-state index is -4.60. The number of hydrogen-bond acceptors (Lipinski definition) is 5. The molecule has 0 unspecified atom stereocenters. The number of halogens is 4. The Kier molecular flexibility index (Phi) is 7.47. The summed E-state index contributed by atoms with van der Waals surface area (Å²) >= 11 is 7.27. The van der Waals surface area contributed by atoms with Gasteiger partial charge in [-0.1, -0.05) is 23.7 Å². The molecule has 1 N–H and O–H groups in total. The number of thioether (sulfide) groups is 1. The van der Waals surface area contributed by atoms with Crippen LogP contribution in [0.5, 0.6) is 0 Å². The van der Waals surface area contributed by atoms with Crippen LogP contribution in [0.3, 0.4) is 0 Å². The van der Waals surface area contributed by atoms with Crippen LogP contribution in [0.15, 0.2) is 47.5 Å². The Labute approximate surface area is 167 Å². The maximum absolute atomic E-state index is 12.6. The van der Waals surface area contributed by atoms with E-state index in [1.165, 1.54) is 6.08 Å². The van der Waals surface area contributed by atoms with E-state index in [0.717, 1.165) is 16.5 Å². The molecular weight excluding hydrogens is 417 g/mol. The van der Waals surface area contributed by atoms with Crippen LogP contribution in [0.2, 0.25) is 5.02 Å². The molecule has 0 atom stereocenters. The molecule has 1 heterocycles. The fourth-order valence-electron chi connectivity index (χ4n) is 1.92. The van der Waals surface area contributed by atoms with Crippen molar-refractivity contribution in [1.82, 2.24) is 4.98 Å². The number of aromatic nitrogens is 1. The van der Waals surface area contributed by atoms with Gasteiger partial charge in [-0.25, -0.2) is 9.78 Å². The Morgan fingerprint density at radius 2 is 1.96 bits per heavy atom. The van der Waals surface area contributed by atoms with Crippen molar-refractivity contribution in [3.05, 3.63) is 58.8 Å². The topological polar surface area (TPSA) is 68.3 Å². The van der Waals surface area contributed by atoms with Gasteiger partial charge in [0.15, 0.2) is 12.4 Å². The molecule has 2 aromatic rings. The average molecular weight is 431 g/mol. The van der Waals surface area contributed by atoms with Gasteiger partial charge in [0.1, 0.15) is 0 Å². The number of nitrogens with zero attached hydrogens (tertiary/aromatic N) is 1. The fourth-order valence-corrected chi connectivity index (χ4v) is 2.54. The van der Waals surface area contributed by atoms with Gasteiger partial charge in [0.05, 0.1) is 10.6 Å². The molecule has 0 saturated carbocycles. The van der Waals surface area contributed by atoms with Crippen LogP contribution in [0, 0.1) is 0 Å². The van der Waals surface area contributed by atoms with Crippen molar-refractivity contribution in [2.75, 3.05) is 18.2 Å². The number of ether oxygens (including phenoxy) is 1. The first-order chi connectivity index (χ1) is 13.2. The lowest BCUT2D eigenvalue weighted by atomic mass is 10.2. The Bertz CT molecular complexity index is 887. The molecule has 0 radical (unpaired) electrons. The summed E-state index contributed by atoms with van der Waals surface area (Å²) in [6.07, 6.45) is 0.569. The number of benzene rings is 1. The first-order valence-electron chi connectivity index (χ1n) is 7.70. The van der Waals surface area contributed by atoms with Gasteiger partial charge in [-0.15, -0.1) is 11.8 Å². The largest absolute Gasteiger partial charge is 0.452 e. The standard InChI is InChI=1S/C18H14ClF3N2O3S/c1-28-13-5-2-11(3-6-13)4-7-16(26)27-10-15(25)24-17-14(19)8-12(9-23-17)18(20,21)22/h2-9H,10H2,1H3,(H,23,24,25). The normalized spacial score (nSPS) is 11.5. The van der Waals surface area contributed by atoms with E-state index in [9.17, 15) is 22.8 Å². The van der Waals surface area contributed by atoms with E-state index in [0.29, 0.717) is 12.3 Å². The summed E-state index contributed by atoms with van der Waals surface area (Å²) in [5, 5.41) is 1.79. The van der Waals surface area contributed by atoms with Crippen LogP contribution in [0.4, 0.5) is 19.0 Å². The molecule has 10 heteroatoms. The first-order valence-corrected chi connectivity index (χ1v) is 9.31. The van der Waals surface area contributed by atoms with Crippen LogP contribution < -0.4 is 5.32 Å². The number of rotatable bonds is 6. The number of hydrogen-bond donors (Lipinski definition) is 1. The molecule has 28 heavy (non-hydrogen) atoms. The summed E-state index contributed by atoms with van der Waals surface area (Å²) in [6, 6.07) is 8.07. The number of nitrogens with one attached hydrogen (secondary N) is 1. The maximum Gasteiger partial charge on any atom is 0.417 e. The molecule has 0 spiro atoms. The number of esters is 1. The molecule has 0 bridgehead atoms. The maximum atomic E-state index is 12.6. The Balaban J connectivity index is 1.86. The summed E-state index contributed by atoms with van der Waals surface area (Å²) in [7, 11) is 0. The van der Waals surface area contributed by atoms with E-state index in [1.807, 2.05) is 30.5 Å². The molecule has 0 saturated heterocycles. The highest BCUT2D eigenvalue weighted by Gasteiger charge is 2.31. The number of pyridine rings is 1. The van der Waals surface area contributed by atoms with Crippen molar-refractivity contribution >= 4 is 47.1 Å². The second-order valence-corrected chi connectivity index (χ2v) is 6.60. The van der Waals surface area contributed by atoms with E-state index < -0.39 is 30.2 Å². The van der Waals surface area contributed by atoms with Crippen molar-refractivity contribution in [1.29, 1.82) is 0 Å². The van der Waals surface area contributed by atoms with Crippen molar-refractivity contribution in [2.45, 2.75) is 11.1 Å². The highest BCUT2D eigenvalue weighted by Crippen LogP contribution is 2.32. The Morgan fingerprint density at radius 1 is 1.29 bits per heavy atom. The second kappa shape index (κ2) is 9.61. The lowest BCUT2D eigenvalue weighted by Crippen LogP contribution is -2.21. The lowest BCUT2D eigenvalue weighted by molar-refractivity contribution is -0.142. The van der Waals surface area contributed by atoms with Crippen LogP contribution >= 0.6 is 23.4 Å². The zero-order valence-corrected chi connectivity index (χ0v) is 16.0. The number of anilines is 1. The van der Waals surface area contributed by atoms with Gasteiger partial charge in [0.25, 0.3) is 5.91 Å². The highest BCUT2D eigenvalue weighted by atomic mass is 35.5. The van der Waals surface area contributed by atoms with Crippen LogP contribution in [0.1, 0.15) is 11.1 Å². The zero-order valence-electron chi connectivity index (χ0n) is 14.4. The van der Waals surface area contributed by atoms with Gasteiger partial charge in [-0.3, -0.25) is 4.79 Å². The van der Waals surface area contributed by atoms with Crippen LogP contribution in [0.25, 0.3) is 6.08 Å². The van der Waals surface area contributed by atoms with Crippen LogP contribution in [-0.2, 0) is 20.5 Å². The molecule has 0 fully saturated rings. The molecule has 0 aliphatic carbocycles. The summed E-state index contributed by atoms with van der Waals surface area (Å²) in [5.41, 5.74) is -0.266. The summed E-state index contributed by atoms with van der Waals surface area (Å²) < 4.78 is 42.4. The third kappa shape index (κ3) is 6.58. The van der Waals surface area contributed by atoms with E-state index in [4.69, 9.17) is 16.3 Å². The van der Waals surface area contributed by atoms with Gasteiger partial charge < -0.3 is 10.1 Å². The number of amides is 1. The Morgan fingerprint density at radius 3 is 2.54 bits per heavy atom. The van der Waals surface area contributed by atoms with Crippen molar-refractivity contribution in [2.24, 2.45) is 0 Å². The molecule has 2 rings (SSSR count). The third-order valence-electron chi connectivity index (χ3n) is 3.30. The monoisotopic (exact) mass is 430 g/mol. The molecular formula is C18H14ClF3N2O3S. The molecule has 0 aliphatic heterocycles. The van der Waals surface area contributed by atoms with E-state index in [2.05, 4.69) is 10.3 Å². The third-order valence-corrected chi connectivity index (χ3v) is 4.33. The van der Waals surface area contributed by atoms with E-state index in [-0.39, 0.29) is 10.8 Å². The van der Waals surface area contributed by atoms with E-state index >= 15 is 0 Å². The molecule has 5 nitrogen and oxygen atoms in total. The molecule has 1 aromatic heterocycles. The number of alkyl halides is 3. The van der Waals surface area contributed by atoms with Crippen molar-refractivity contribution in [3.8, 4) is 0 Å². The predicted molar refractivity (Wildman–Crippen MR) is 101 cm³/mol. The number of carbonyl (C=O) groups is 2. The summed E-state index contributed by atoms with van der Waals surface area (Å²) in [6.45, 7) is -0.645. The second-order valence-electron chi connectivity index (χ2n) is 5.31. The summed E-state index contributed by atoms with van der Waals surface area (Å²) in [5.74, 6) is -1.81. The van der Waals surface area contributed by atoms with Crippen molar-refractivity contribution in [3.63, 3.8) is 0 Å². The Hall–Kier alpha value is -2.52. The number of carbonyl (C=O) groups excluding carboxylic acids is 2. The molecule has 0 aliphatic rings. The molecule has 1 amide bonds. The minimum Gasteiger partial charge on any atom is -0.452 e. The van der Waals surface area contributed by atoms with Crippen molar-refractivity contribution < 1.29 is 27.5 Å². The van der Waals surface area contributed by atoms with Gasteiger partial charge in [0, 0.05) is 17.2 Å². The molecule has 148 valence electrons. The van der Waals surface area contributed by atoms with Gasteiger partial charge in [-0.2, -0.15) is 13.2 Å². The van der Waals surface area contributed by atoms with Gasteiger partial charge >= 0.3 is 12.1 Å². The predicted octanol–water partition coefficient (Wildman–Crippen LogP) is 4.67. The van der Waals surface area contributed by atoms with Crippen LogP contribution in [-0.4, -0.2) is 29.7 Å². The molecule has 1 aromatic carbocycles. The lowest BCUT2D eigenvalue weighted by Gasteiger charge is -2.10. The minimum absolute atomic E-state index is 0.264. The van der Waals surface area contributed by atoms with Gasteiger partial charge in [0.2, 0.25) is 0 Å². The van der Waals surface area contributed by atoms with Gasteiger partial charge in [-0.05, 0) is 36.1 Å². The quantitative estimate of drug-likeness (QED) is 0.410. The smallest absolute Gasteiger partial charge is 0.417 e. The average Bonchev–Trinajstić information content (AvgIpc) is 2.66. The highest BCUT2D eigenvalue weighted by molar-refractivity contribution is 7.98. The zero-order chi connectivity index (χ0) is 20.7. The summed E-state index contributed by atoms with van der Waals surface area (Å²) in [4.78, 5) is 28.0. The first kappa shape index (κ1) is 21.8.